The number of halogens is 2. The number of benzene rings is 2. The first-order valence-corrected chi connectivity index (χ1v) is 7.81. The van der Waals surface area contributed by atoms with Crippen LogP contribution in [0.25, 0.3) is 0 Å². The zero-order valence-corrected chi connectivity index (χ0v) is 14.5. The second-order valence-corrected chi connectivity index (χ2v) is 7.26. The molecule has 0 atom stereocenters. The maximum absolute atomic E-state index is 12.4. The second-order valence-electron chi connectivity index (χ2n) is 5.91. The molecule has 2 aromatic rings. The standard InChI is InChI=1S/C17H17BrClNO/c1-17(2,3)14-6-4-5-7-15(14)20-16(21)11-8-12(18)10-13(19)9-11/h4-10H,1-3H3,(H,20,21). The van der Waals surface area contributed by atoms with Gasteiger partial charge in [0.15, 0.2) is 0 Å². The number of hydrogen-bond acceptors (Lipinski definition) is 1. The first kappa shape index (κ1) is 16.1. The van der Waals surface area contributed by atoms with Crippen molar-refractivity contribution in [3.8, 4) is 0 Å². The maximum atomic E-state index is 12.4. The minimum absolute atomic E-state index is 0.0429. The Kier molecular flexibility index (Phi) is 4.74. The molecule has 0 aliphatic carbocycles. The Morgan fingerprint density at radius 1 is 1.14 bits per heavy atom. The molecule has 0 saturated heterocycles. The van der Waals surface area contributed by atoms with Crippen LogP contribution in [-0.2, 0) is 5.41 Å². The quantitative estimate of drug-likeness (QED) is 0.731. The van der Waals surface area contributed by atoms with Gasteiger partial charge in [0.1, 0.15) is 0 Å². The van der Waals surface area contributed by atoms with Crippen molar-refractivity contribution in [3.63, 3.8) is 0 Å². The molecule has 1 amide bonds. The first-order valence-electron chi connectivity index (χ1n) is 6.64. The molecule has 0 spiro atoms. The Morgan fingerprint density at radius 3 is 2.43 bits per heavy atom. The monoisotopic (exact) mass is 365 g/mol. The number of nitrogens with one attached hydrogen (secondary N) is 1. The van der Waals surface area contributed by atoms with Crippen molar-refractivity contribution in [2.24, 2.45) is 0 Å². The van der Waals surface area contributed by atoms with Gasteiger partial charge in [-0.15, -0.1) is 0 Å². The number of carbonyl (C=O) groups excluding carboxylic acids is 1. The van der Waals surface area contributed by atoms with E-state index in [2.05, 4.69) is 42.0 Å². The van der Waals surface area contributed by atoms with Gasteiger partial charge >= 0.3 is 0 Å². The summed E-state index contributed by atoms with van der Waals surface area (Å²) in [5, 5.41) is 3.50. The number of amides is 1. The summed E-state index contributed by atoms with van der Waals surface area (Å²) >= 11 is 9.34. The van der Waals surface area contributed by atoms with E-state index >= 15 is 0 Å². The van der Waals surface area contributed by atoms with Crippen LogP contribution < -0.4 is 5.32 Å². The minimum atomic E-state index is -0.171. The smallest absolute Gasteiger partial charge is 0.255 e. The summed E-state index contributed by atoms with van der Waals surface area (Å²) in [6.45, 7) is 6.36. The largest absolute Gasteiger partial charge is 0.322 e. The fourth-order valence-electron chi connectivity index (χ4n) is 2.13. The second kappa shape index (κ2) is 6.20. The highest BCUT2D eigenvalue weighted by atomic mass is 79.9. The molecule has 0 fully saturated rings. The summed E-state index contributed by atoms with van der Waals surface area (Å²) in [5.74, 6) is -0.171. The lowest BCUT2D eigenvalue weighted by molar-refractivity contribution is 0.102. The van der Waals surface area contributed by atoms with E-state index in [0.717, 1.165) is 15.7 Å². The van der Waals surface area contributed by atoms with Gasteiger partial charge < -0.3 is 5.32 Å². The summed E-state index contributed by atoms with van der Waals surface area (Å²) < 4.78 is 0.782. The molecule has 0 radical (unpaired) electrons. The van der Waals surface area contributed by atoms with Crippen LogP contribution in [0.4, 0.5) is 5.69 Å². The van der Waals surface area contributed by atoms with Crippen LogP contribution in [0.2, 0.25) is 5.02 Å². The molecule has 2 nitrogen and oxygen atoms in total. The summed E-state index contributed by atoms with van der Waals surface area (Å²) in [4.78, 5) is 12.4. The van der Waals surface area contributed by atoms with Gasteiger partial charge in [0, 0.05) is 20.7 Å². The molecule has 21 heavy (non-hydrogen) atoms. The van der Waals surface area contributed by atoms with Crippen molar-refractivity contribution >= 4 is 39.1 Å². The lowest BCUT2D eigenvalue weighted by Crippen LogP contribution is -2.18. The molecule has 0 bridgehead atoms. The van der Waals surface area contributed by atoms with Crippen molar-refractivity contribution in [2.45, 2.75) is 26.2 Å². The molecule has 0 aromatic heterocycles. The lowest BCUT2D eigenvalue weighted by Gasteiger charge is -2.23. The molecule has 110 valence electrons. The summed E-state index contributed by atoms with van der Waals surface area (Å²) in [5.41, 5.74) is 2.40. The number of rotatable bonds is 2. The first-order chi connectivity index (χ1) is 9.77. The number of anilines is 1. The molecule has 4 heteroatoms. The van der Waals surface area contributed by atoms with E-state index in [-0.39, 0.29) is 11.3 Å². The van der Waals surface area contributed by atoms with Crippen molar-refractivity contribution in [1.29, 1.82) is 0 Å². The number of carbonyl (C=O) groups is 1. The zero-order chi connectivity index (χ0) is 15.6. The van der Waals surface area contributed by atoms with Crippen LogP contribution in [0, 0.1) is 0 Å². The highest BCUT2D eigenvalue weighted by Gasteiger charge is 2.19. The third-order valence-corrected chi connectivity index (χ3v) is 3.78. The molecule has 0 aliphatic rings. The van der Waals surface area contributed by atoms with E-state index in [9.17, 15) is 4.79 Å². The summed E-state index contributed by atoms with van der Waals surface area (Å²) in [6.07, 6.45) is 0. The van der Waals surface area contributed by atoms with Crippen LogP contribution in [0.5, 0.6) is 0 Å². The van der Waals surface area contributed by atoms with Gasteiger partial charge in [-0.3, -0.25) is 4.79 Å². The van der Waals surface area contributed by atoms with E-state index in [1.54, 1.807) is 18.2 Å². The van der Waals surface area contributed by atoms with Gasteiger partial charge in [-0.1, -0.05) is 66.5 Å². The zero-order valence-electron chi connectivity index (χ0n) is 12.2. The van der Waals surface area contributed by atoms with Gasteiger partial charge in [-0.2, -0.15) is 0 Å². The summed E-state index contributed by atoms with van der Waals surface area (Å²) in [7, 11) is 0. The van der Waals surface area contributed by atoms with Crippen molar-refractivity contribution in [3.05, 3.63) is 63.1 Å². The normalized spacial score (nSPS) is 11.3. The molecule has 0 unspecified atom stereocenters. The van der Waals surface area contributed by atoms with Gasteiger partial charge in [-0.25, -0.2) is 0 Å². The Bertz CT molecular complexity index is 656. The van der Waals surface area contributed by atoms with Crippen molar-refractivity contribution in [1.82, 2.24) is 0 Å². The van der Waals surface area contributed by atoms with Crippen LogP contribution in [0.1, 0.15) is 36.7 Å². The van der Waals surface area contributed by atoms with Crippen molar-refractivity contribution < 1.29 is 4.79 Å². The molecule has 2 aromatic carbocycles. The van der Waals surface area contributed by atoms with Gasteiger partial charge in [0.25, 0.3) is 5.91 Å². The van der Waals surface area contributed by atoms with Gasteiger partial charge in [-0.05, 0) is 35.2 Å². The molecule has 0 aliphatic heterocycles. The number of para-hydroxylation sites is 1. The average molecular weight is 367 g/mol. The molecule has 1 N–H and O–H groups in total. The van der Waals surface area contributed by atoms with E-state index in [1.807, 2.05) is 24.3 Å². The van der Waals surface area contributed by atoms with E-state index in [4.69, 9.17) is 11.6 Å². The molecule has 2 rings (SSSR count). The topological polar surface area (TPSA) is 29.1 Å². The third kappa shape index (κ3) is 4.08. The van der Waals surface area contributed by atoms with Crippen LogP contribution >= 0.6 is 27.5 Å². The molecular formula is C17H17BrClNO. The van der Waals surface area contributed by atoms with Gasteiger partial charge in [0.05, 0.1) is 0 Å². The van der Waals surface area contributed by atoms with Crippen LogP contribution in [0.3, 0.4) is 0 Å². The highest BCUT2D eigenvalue weighted by Crippen LogP contribution is 2.30. The Hall–Kier alpha value is -1.32. The maximum Gasteiger partial charge on any atom is 0.255 e. The molecule has 0 heterocycles. The van der Waals surface area contributed by atoms with E-state index in [0.29, 0.717) is 10.6 Å². The summed E-state index contributed by atoms with van der Waals surface area (Å²) in [6, 6.07) is 13.0. The highest BCUT2D eigenvalue weighted by molar-refractivity contribution is 9.10. The fraction of sp³-hybridized carbons (Fsp3) is 0.235. The Morgan fingerprint density at radius 2 is 1.81 bits per heavy atom. The average Bonchev–Trinajstić information content (AvgIpc) is 2.37. The molecule has 0 saturated carbocycles. The van der Waals surface area contributed by atoms with Crippen molar-refractivity contribution in [2.75, 3.05) is 5.32 Å². The van der Waals surface area contributed by atoms with Crippen LogP contribution in [0.15, 0.2) is 46.9 Å². The predicted octanol–water partition coefficient (Wildman–Crippen LogP) is 5.65. The predicted molar refractivity (Wildman–Crippen MR) is 92.2 cm³/mol. The Balaban J connectivity index is 2.32. The van der Waals surface area contributed by atoms with Gasteiger partial charge in [0.2, 0.25) is 0 Å². The third-order valence-electron chi connectivity index (χ3n) is 3.11. The Labute approximate surface area is 138 Å². The van der Waals surface area contributed by atoms with E-state index in [1.165, 1.54) is 0 Å². The molecular weight excluding hydrogens is 350 g/mol. The minimum Gasteiger partial charge on any atom is -0.322 e. The van der Waals surface area contributed by atoms with Crippen LogP contribution in [-0.4, -0.2) is 5.91 Å². The van der Waals surface area contributed by atoms with E-state index < -0.39 is 0 Å². The SMILES string of the molecule is CC(C)(C)c1ccccc1NC(=O)c1cc(Cl)cc(Br)c1. The number of hydrogen-bond donors (Lipinski definition) is 1. The fourth-order valence-corrected chi connectivity index (χ4v) is 2.99. The lowest BCUT2D eigenvalue weighted by atomic mass is 9.86.